The van der Waals surface area contributed by atoms with Gasteiger partial charge in [-0.1, -0.05) is 49.0 Å². The fourth-order valence-corrected chi connectivity index (χ4v) is 4.36. The standard InChI is InChI=1S/C24H28N2O2S/c1-4-7-8-18-11-14-21-22(16-18)29-24(26(21)15-5-2)25-23(27)17-19-9-12-20(13-10-19)28-6-3/h5,9-14,16H,2,4,6-8,15,17H2,1,3H3. The van der Waals surface area contributed by atoms with E-state index in [9.17, 15) is 4.79 Å². The molecule has 0 saturated carbocycles. The molecule has 0 fully saturated rings. The lowest BCUT2D eigenvalue weighted by atomic mass is 10.1. The molecule has 0 spiro atoms. The molecule has 0 aliphatic heterocycles. The van der Waals surface area contributed by atoms with E-state index in [1.54, 1.807) is 11.3 Å². The van der Waals surface area contributed by atoms with Crippen molar-refractivity contribution in [1.82, 2.24) is 4.57 Å². The van der Waals surface area contributed by atoms with Gasteiger partial charge in [-0.3, -0.25) is 4.79 Å². The third-order valence-corrected chi connectivity index (χ3v) is 5.73. The van der Waals surface area contributed by atoms with E-state index < -0.39 is 0 Å². The highest BCUT2D eigenvalue weighted by atomic mass is 32.1. The van der Waals surface area contributed by atoms with Crippen molar-refractivity contribution in [3.63, 3.8) is 0 Å². The van der Waals surface area contributed by atoms with Crippen molar-refractivity contribution < 1.29 is 9.53 Å². The topological polar surface area (TPSA) is 43.6 Å². The zero-order chi connectivity index (χ0) is 20.6. The number of ether oxygens (including phenoxy) is 1. The Bertz CT molecular complexity index is 1040. The number of amides is 1. The van der Waals surface area contributed by atoms with Gasteiger partial charge >= 0.3 is 0 Å². The van der Waals surface area contributed by atoms with Crippen LogP contribution in [0.15, 0.2) is 60.1 Å². The molecule has 3 rings (SSSR count). The highest BCUT2D eigenvalue weighted by Gasteiger charge is 2.09. The molecule has 1 heterocycles. The molecular weight excluding hydrogens is 380 g/mol. The number of allylic oxidation sites excluding steroid dienone is 1. The molecule has 0 N–H and O–H groups in total. The monoisotopic (exact) mass is 408 g/mol. The van der Waals surface area contributed by atoms with Crippen LogP contribution in [-0.2, 0) is 24.2 Å². The molecule has 0 saturated heterocycles. The van der Waals surface area contributed by atoms with Crippen LogP contribution in [0.1, 0.15) is 37.8 Å². The van der Waals surface area contributed by atoms with Crippen LogP contribution >= 0.6 is 11.3 Å². The smallest absolute Gasteiger partial charge is 0.252 e. The Morgan fingerprint density at radius 1 is 1.17 bits per heavy atom. The number of aromatic nitrogens is 1. The summed E-state index contributed by atoms with van der Waals surface area (Å²) >= 11 is 1.57. The SMILES string of the molecule is C=CCn1c(=NC(=O)Cc2ccc(OCC)cc2)sc2cc(CCCC)ccc21. The molecule has 1 amide bonds. The maximum absolute atomic E-state index is 12.6. The maximum Gasteiger partial charge on any atom is 0.252 e. The van der Waals surface area contributed by atoms with Crippen LogP contribution in [0.25, 0.3) is 10.2 Å². The van der Waals surface area contributed by atoms with Gasteiger partial charge in [0.2, 0.25) is 0 Å². The summed E-state index contributed by atoms with van der Waals surface area (Å²) in [6.45, 7) is 9.27. The van der Waals surface area contributed by atoms with Crippen molar-refractivity contribution in [1.29, 1.82) is 0 Å². The van der Waals surface area contributed by atoms with Crippen LogP contribution in [0.3, 0.4) is 0 Å². The van der Waals surface area contributed by atoms with Gasteiger partial charge in [-0.15, -0.1) is 6.58 Å². The van der Waals surface area contributed by atoms with Gasteiger partial charge in [-0.2, -0.15) is 4.99 Å². The third kappa shape index (κ3) is 5.45. The van der Waals surface area contributed by atoms with E-state index in [0.29, 0.717) is 13.2 Å². The van der Waals surface area contributed by atoms with Gasteiger partial charge in [-0.05, 0) is 55.2 Å². The summed E-state index contributed by atoms with van der Waals surface area (Å²) in [7, 11) is 0. The van der Waals surface area contributed by atoms with E-state index in [4.69, 9.17) is 4.74 Å². The molecule has 0 radical (unpaired) electrons. The maximum atomic E-state index is 12.6. The number of carbonyl (C=O) groups is 1. The average Bonchev–Trinajstić information content (AvgIpc) is 3.04. The van der Waals surface area contributed by atoms with E-state index in [2.05, 4.69) is 41.3 Å². The number of unbranched alkanes of at least 4 members (excludes halogenated alkanes) is 1. The van der Waals surface area contributed by atoms with Crippen molar-refractivity contribution in [3.05, 3.63) is 71.0 Å². The Morgan fingerprint density at radius 3 is 2.62 bits per heavy atom. The molecule has 0 atom stereocenters. The summed E-state index contributed by atoms with van der Waals surface area (Å²) in [5, 5.41) is 0. The predicted octanol–water partition coefficient (Wildman–Crippen LogP) is 5.30. The normalized spacial score (nSPS) is 11.7. The van der Waals surface area contributed by atoms with Crippen LogP contribution in [0, 0.1) is 0 Å². The van der Waals surface area contributed by atoms with E-state index in [1.807, 2.05) is 37.3 Å². The average molecular weight is 409 g/mol. The second-order valence-corrected chi connectivity index (χ2v) is 7.96. The van der Waals surface area contributed by atoms with Crippen LogP contribution in [-0.4, -0.2) is 17.1 Å². The third-order valence-electron chi connectivity index (χ3n) is 4.69. The molecule has 0 unspecified atom stereocenters. The Labute approximate surface area is 176 Å². The number of hydrogen-bond acceptors (Lipinski definition) is 3. The first-order valence-corrected chi connectivity index (χ1v) is 11.0. The van der Waals surface area contributed by atoms with Gasteiger partial charge in [-0.25, -0.2) is 0 Å². The number of fused-ring (bicyclic) bond motifs is 1. The molecule has 152 valence electrons. The molecule has 4 nitrogen and oxygen atoms in total. The van der Waals surface area contributed by atoms with Crippen LogP contribution < -0.4 is 9.54 Å². The van der Waals surface area contributed by atoms with E-state index >= 15 is 0 Å². The molecule has 3 aromatic rings. The minimum absolute atomic E-state index is 0.148. The van der Waals surface area contributed by atoms with Crippen LogP contribution in [0.2, 0.25) is 0 Å². The number of aryl methyl sites for hydroxylation is 1. The lowest BCUT2D eigenvalue weighted by molar-refractivity contribution is -0.117. The number of carbonyl (C=O) groups excluding carboxylic acids is 1. The molecule has 29 heavy (non-hydrogen) atoms. The minimum Gasteiger partial charge on any atom is -0.494 e. The van der Waals surface area contributed by atoms with Gasteiger partial charge < -0.3 is 9.30 Å². The minimum atomic E-state index is -0.148. The lowest BCUT2D eigenvalue weighted by Gasteiger charge is -2.04. The summed E-state index contributed by atoms with van der Waals surface area (Å²) < 4.78 is 8.67. The summed E-state index contributed by atoms with van der Waals surface area (Å²) in [4.78, 5) is 17.8. The molecule has 1 aromatic heterocycles. The van der Waals surface area contributed by atoms with E-state index in [1.165, 1.54) is 18.4 Å². The van der Waals surface area contributed by atoms with Crippen LogP contribution in [0.4, 0.5) is 0 Å². The van der Waals surface area contributed by atoms with Crippen molar-refractivity contribution in [2.45, 2.75) is 46.1 Å². The highest BCUT2D eigenvalue weighted by Crippen LogP contribution is 2.21. The van der Waals surface area contributed by atoms with Crippen molar-refractivity contribution >= 4 is 27.5 Å². The first kappa shape index (κ1) is 21.1. The Kier molecular flexibility index (Phi) is 7.42. The Balaban J connectivity index is 1.87. The zero-order valence-corrected chi connectivity index (χ0v) is 18.0. The zero-order valence-electron chi connectivity index (χ0n) is 17.2. The second-order valence-electron chi connectivity index (χ2n) is 6.95. The summed E-state index contributed by atoms with van der Waals surface area (Å²) in [5.74, 6) is 0.664. The van der Waals surface area contributed by atoms with Gasteiger partial charge in [0.05, 0.1) is 23.2 Å². The van der Waals surface area contributed by atoms with Crippen LogP contribution in [0.5, 0.6) is 5.75 Å². The Morgan fingerprint density at radius 2 is 1.93 bits per heavy atom. The van der Waals surface area contributed by atoms with Gasteiger partial charge in [0, 0.05) is 6.54 Å². The van der Waals surface area contributed by atoms with E-state index in [-0.39, 0.29) is 12.3 Å². The fourth-order valence-electron chi connectivity index (χ4n) is 3.24. The van der Waals surface area contributed by atoms with Crippen molar-refractivity contribution in [2.75, 3.05) is 6.61 Å². The first-order chi connectivity index (χ1) is 14.1. The number of nitrogens with zero attached hydrogens (tertiary/aromatic N) is 2. The number of hydrogen-bond donors (Lipinski definition) is 0. The predicted molar refractivity (Wildman–Crippen MR) is 121 cm³/mol. The van der Waals surface area contributed by atoms with Gasteiger partial charge in [0.1, 0.15) is 5.75 Å². The molecule has 0 aliphatic rings. The number of rotatable bonds is 9. The molecule has 5 heteroatoms. The van der Waals surface area contributed by atoms with Gasteiger partial charge in [0.25, 0.3) is 5.91 Å². The highest BCUT2D eigenvalue weighted by molar-refractivity contribution is 7.16. The fraction of sp³-hybridized carbons (Fsp3) is 0.333. The lowest BCUT2D eigenvalue weighted by Crippen LogP contribution is -2.16. The summed E-state index contributed by atoms with van der Waals surface area (Å²) in [6.07, 6.45) is 5.56. The van der Waals surface area contributed by atoms with E-state index in [0.717, 1.165) is 32.8 Å². The van der Waals surface area contributed by atoms with Gasteiger partial charge in [0.15, 0.2) is 4.80 Å². The van der Waals surface area contributed by atoms with Crippen molar-refractivity contribution in [3.8, 4) is 5.75 Å². The Hall–Kier alpha value is -2.66. The molecular formula is C24H28N2O2S. The van der Waals surface area contributed by atoms with Crippen molar-refractivity contribution in [2.24, 2.45) is 4.99 Å². The largest absolute Gasteiger partial charge is 0.494 e. The molecule has 2 aromatic carbocycles. The number of benzene rings is 2. The summed E-state index contributed by atoms with van der Waals surface area (Å²) in [5.41, 5.74) is 3.36. The summed E-state index contributed by atoms with van der Waals surface area (Å²) in [6, 6.07) is 14.2. The first-order valence-electron chi connectivity index (χ1n) is 10.2. The molecule has 0 bridgehead atoms. The second kappa shape index (κ2) is 10.2. The number of thiazole rings is 1. The molecule has 0 aliphatic carbocycles. The quantitative estimate of drug-likeness (QED) is 0.451.